The van der Waals surface area contributed by atoms with E-state index in [1.54, 1.807) is 19.2 Å². The highest BCUT2D eigenvalue weighted by atomic mass is 16.5. The molecule has 4 rings (SSSR count). The number of benzene rings is 2. The van der Waals surface area contributed by atoms with Crippen LogP contribution in [0.2, 0.25) is 0 Å². The first-order valence-corrected chi connectivity index (χ1v) is 10.1. The normalized spacial score (nSPS) is 19.6. The number of hydrogen-bond acceptors (Lipinski definition) is 3. The van der Waals surface area contributed by atoms with E-state index in [0.29, 0.717) is 23.8 Å². The third-order valence-electron chi connectivity index (χ3n) is 5.69. The minimum absolute atomic E-state index is 0.0161. The van der Waals surface area contributed by atoms with Crippen LogP contribution in [0.5, 0.6) is 5.75 Å². The molecule has 0 bridgehead atoms. The summed E-state index contributed by atoms with van der Waals surface area (Å²) in [5.74, 6) is 0.831. The molecule has 0 aliphatic carbocycles. The lowest BCUT2D eigenvalue weighted by molar-refractivity contribution is -0.923. The van der Waals surface area contributed by atoms with Gasteiger partial charge in [0.05, 0.1) is 24.7 Å². The number of rotatable bonds is 5. The number of anilines is 1. The molecule has 2 heterocycles. The van der Waals surface area contributed by atoms with Gasteiger partial charge in [-0.25, -0.2) is 4.79 Å². The van der Waals surface area contributed by atoms with Crippen molar-refractivity contribution in [2.24, 2.45) is 0 Å². The summed E-state index contributed by atoms with van der Waals surface area (Å²) in [5, 5.41) is 2.99. The van der Waals surface area contributed by atoms with Crippen LogP contribution in [0, 0.1) is 0 Å². The van der Waals surface area contributed by atoms with E-state index in [9.17, 15) is 9.59 Å². The smallest absolute Gasteiger partial charge is 0.323 e. The number of imidazole rings is 1. The van der Waals surface area contributed by atoms with Gasteiger partial charge in [-0.1, -0.05) is 0 Å². The largest absolute Gasteiger partial charge is 0.497 e. The van der Waals surface area contributed by atoms with Gasteiger partial charge >= 0.3 is 5.69 Å². The molecule has 0 saturated carbocycles. The molecule has 7 nitrogen and oxygen atoms in total. The van der Waals surface area contributed by atoms with Crippen LogP contribution >= 0.6 is 0 Å². The standard InChI is InChI=1S/C22H26N4O3/c1-29-17-9-6-15(7-10-17)20-5-3-2-4-12-26(20)14-21(27)23-16-8-11-18-19(13-16)25-22(28)24-18/h6-11,13,20H,2-5,12,14H2,1H3,(H,23,27)(H2,24,25,28)/p+1/t20-/m0/s1. The number of likely N-dealkylation sites (tertiary alicyclic amines) is 1. The number of carbonyl (C=O) groups excluding carboxylic acids is 1. The lowest BCUT2D eigenvalue weighted by Gasteiger charge is -2.27. The molecule has 29 heavy (non-hydrogen) atoms. The summed E-state index contributed by atoms with van der Waals surface area (Å²) < 4.78 is 5.28. The Labute approximate surface area is 169 Å². The van der Waals surface area contributed by atoms with Crippen molar-refractivity contribution in [2.45, 2.75) is 31.7 Å². The fourth-order valence-electron chi connectivity index (χ4n) is 4.23. The maximum absolute atomic E-state index is 12.8. The molecule has 0 spiro atoms. The minimum atomic E-state index is -0.250. The first kappa shape index (κ1) is 19.3. The van der Waals surface area contributed by atoms with Gasteiger partial charge in [0.2, 0.25) is 0 Å². The third-order valence-corrected chi connectivity index (χ3v) is 5.69. The predicted molar refractivity (Wildman–Crippen MR) is 112 cm³/mol. The number of quaternary nitrogens is 1. The SMILES string of the molecule is COc1ccc([C@@H]2CCCCC[NH+]2CC(=O)Nc2ccc3[nH]c(=O)[nH]c3c2)cc1. The number of fused-ring (bicyclic) bond motifs is 1. The van der Waals surface area contributed by atoms with Crippen molar-refractivity contribution in [2.75, 3.05) is 25.5 Å². The Kier molecular flexibility index (Phi) is 5.67. The number of ether oxygens (including phenoxy) is 1. The molecule has 1 fully saturated rings. The average Bonchev–Trinajstić information content (AvgIpc) is 2.93. The Morgan fingerprint density at radius 1 is 1.10 bits per heavy atom. The van der Waals surface area contributed by atoms with Crippen LogP contribution in [-0.2, 0) is 4.79 Å². The van der Waals surface area contributed by atoms with E-state index in [2.05, 4.69) is 27.4 Å². The Hall–Kier alpha value is -3.06. The second-order valence-corrected chi connectivity index (χ2v) is 7.65. The maximum atomic E-state index is 12.8. The van der Waals surface area contributed by atoms with Gasteiger partial charge in [0.25, 0.3) is 5.91 Å². The van der Waals surface area contributed by atoms with Crippen LogP contribution in [0.4, 0.5) is 5.69 Å². The Bertz CT molecular complexity index is 1040. The zero-order valence-corrected chi connectivity index (χ0v) is 16.6. The molecule has 2 aromatic carbocycles. The molecule has 0 radical (unpaired) electrons. The molecule has 1 aliphatic heterocycles. The van der Waals surface area contributed by atoms with Crippen LogP contribution in [-0.4, -0.2) is 36.1 Å². The van der Waals surface area contributed by atoms with E-state index in [0.717, 1.165) is 30.7 Å². The van der Waals surface area contributed by atoms with Crippen molar-refractivity contribution >= 4 is 22.6 Å². The lowest BCUT2D eigenvalue weighted by Crippen LogP contribution is -3.13. The molecular formula is C22H27N4O3+. The first-order chi connectivity index (χ1) is 14.1. The highest BCUT2D eigenvalue weighted by molar-refractivity contribution is 5.93. The van der Waals surface area contributed by atoms with Gasteiger partial charge in [-0.15, -0.1) is 0 Å². The van der Waals surface area contributed by atoms with Crippen molar-refractivity contribution in [3.63, 3.8) is 0 Å². The molecule has 1 aromatic heterocycles. The predicted octanol–water partition coefficient (Wildman–Crippen LogP) is 2.00. The van der Waals surface area contributed by atoms with E-state index in [-0.39, 0.29) is 11.6 Å². The van der Waals surface area contributed by atoms with E-state index in [4.69, 9.17) is 4.74 Å². The molecular weight excluding hydrogens is 368 g/mol. The van der Waals surface area contributed by atoms with Crippen molar-refractivity contribution in [3.8, 4) is 5.75 Å². The lowest BCUT2D eigenvalue weighted by atomic mass is 10.0. The minimum Gasteiger partial charge on any atom is -0.497 e. The van der Waals surface area contributed by atoms with E-state index in [1.807, 2.05) is 18.2 Å². The van der Waals surface area contributed by atoms with E-state index in [1.165, 1.54) is 23.3 Å². The molecule has 1 saturated heterocycles. The van der Waals surface area contributed by atoms with Crippen LogP contribution in [0.25, 0.3) is 11.0 Å². The molecule has 7 heteroatoms. The summed E-state index contributed by atoms with van der Waals surface area (Å²) in [7, 11) is 1.67. The fraction of sp³-hybridized carbons (Fsp3) is 0.364. The molecule has 2 atom stereocenters. The first-order valence-electron chi connectivity index (χ1n) is 10.1. The number of H-pyrrole nitrogens is 2. The van der Waals surface area contributed by atoms with Gasteiger partial charge in [0, 0.05) is 17.7 Å². The number of aromatic amines is 2. The van der Waals surface area contributed by atoms with Crippen molar-refractivity contribution in [1.82, 2.24) is 9.97 Å². The number of hydrogen-bond donors (Lipinski definition) is 4. The Morgan fingerprint density at radius 2 is 1.90 bits per heavy atom. The third kappa shape index (κ3) is 4.51. The molecule has 3 aromatic rings. The number of nitrogens with one attached hydrogen (secondary N) is 4. The number of aromatic nitrogens is 2. The van der Waals surface area contributed by atoms with E-state index >= 15 is 0 Å². The molecule has 152 valence electrons. The van der Waals surface area contributed by atoms with Gasteiger partial charge in [-0.3, -0.25) is 4.79 Å². The summed E-state index contributed by atoms with van der Waals surface area (Å²) >= 11 is 0. The van der Waals surface area contributed by atoms with Crippen LogP contribution in [0.15, 0.2) is 47.3 Å². The molecule has 4 N–H and O–H groups in total. The highest BCUT2D eigenvalue weighted by Gasteiger charge is 2.28. The van der Waals surface area contributed by atoms with Crippen LogP contribution in [0.3, 0.4) is 0 Å². The van der Waals surface area contributed by atoms with Crippen molar-refractivity contribution < 1.29 is 14.4 Å². The number of methoxy groups -OCH3 is 1. The summed E-state index contributed by atoms with van der Waals surface area (Å²) in [6, 6.07) is 13.9. The number of amides is 1. The quantitative estimate of drug-likeness (QED) is 0.533. The second kappa shape index (κ2) is 8.53. The van der Waals surface area contributed by atoms with Crippen LogP contribution < -0.4 is 20.6 Å². The fourth-order valence-corrected chi connectivity index (χ4v) is 4.23. The van der Waals surface area contributed by atoms with E-state index < -0.39 is 0 Å². The van der Waals surface area contributed by atoms with Gasteiger partial charge < -0.3 is 24.9 Å². The zero-order chi connectivity index (χ0) is 20.2. The molecule has 1 aliphatic rings. The second-order valence-electron chi connectivity index (χ2n) is 7.65. The van der Waals surface area contributed by atoms with Crippen molar-refractivity contribution in [1.29, 1.82) is 0 Å². The Balaban J connectivity index is 1.47. The topological polar surface area (TPSA) is 91.4 Å². The molecule has 1 amide bonds. The van der Waals surface area contributed by atoms with Gasteiger partial charge in [0.1, 0.15) is 11.8 Å². The van der Waals surface area contributed by atoms with Gasteiger partial charge in [-0.05, 0) is 61.7 Å². The number of carbonyl (C=O) groups is 1. The summed E-state index contributed by atoms with van der Waals surface area (Å²) in [6.45, 7) is 1.40. The summed E-state index contributed by atoms with van der Waals surface area (Å²) in [6.07, 6.45) is 4.59. The summed E-state index contributed by atoms with van der Waals surface area (Å²) in [4.78, 5) is 30.9. The summed E-state index contributed by atoms with van der Waals surface area (Å²) in [5.41, 5.74) is 3.10. The monoisotopic (exact) mass is 395 g/mol. The Morgan fingerprint density at radius 3 is 2.69 bits per heavy atom. The van der Waals surface area contributed by atoms with Gasteiger partial charge in [0.15, 0.2) is 6.54 Å². The van der Waals surface area contributed by atoms with Crippen LogP contribution in [0.1, 0.15) is 37.3 Å². The molecule has 1 unspecified atom stereocenters. The highest BCUT2D eigenvalue weighted by Crippen LogP contribution is 2.22. The van der Waals surface area contributed by atoms with Gasteiger partial charge in [-0.2, -0.15) is 0 Å². The zero-order valence-electron chi connectivity index (χ0n) is 16.6. The maximum Gasteiger partial charge on any atom is 0.323 e. The average molecular weight is 395 g/mol. The van der Waals surface area contributed by atoms with Crippen molar-refractivity contribution in [3.05, 3.63) is 58.5 Å².